The molecule has 0 bridgehead atoms. The van der Waals surface area contributed by atoms with Gasteiger partial charge in [-0.1, -0.05) is 5.16 Å². The second kappa shape index (κ2) is 8.89. The average Bonchev–Trinajstić information content (AvgIpc) is 3.45. The van der Waals surface area contributed by atoms with Crippen molar-refractivity contribution in [1.29, 1.82) is 0 Å². The lowest BCUT2D eigenvalue weighted by Gasteiger charge is -2.31. The summed E-state index contributed by atoms with van der Waals surface area (Å²) >= 11 is 0. The summed E-state index contributed by atoms with van der Waals surface area (Å²) in [6, 6.07) is 9.15. The predicted octanol–water partition coefficient (Wildman–Crippen LogP) is 2.82. The minimum atomic E-state index is -0.338. The van der Waals surface area contributed by atoms with E-state index in [2.05, 4.69) is 15.5 Å². The molecule has 9 heteroatoms. The van der Waals surface area contributed by atoms with E-state index in [0.717, 1.165) is 0 Å². The number of carbonyl (C=O) groups is 2. The van der Waals surface area contributed by atoms with Crippen molar-refractivity contribution < 1.29 is 22.9 Å². The van der Waals surface area contributed by atoms with Crippen LogP contribution in [0.3, 0.4) is 0 Å². The molecule has 30 heavy (non-hydrogen) atoms. The highest BCUT2D eigenvalue weighted by Crippen LogP contribution is 2.17. The van der Waals surface area contributed by atoms with Gasteiger partial charge in [0.05, 0.1) is 6.26 Å². The lowest BCUT2D eigenvalue weighted by molar-refractivity contribution is -0.122. The Morgan fingerprint density at radius 1 is 1.17 bits per heavy atom. The van der Waals surface area contributed by atoms with Crippen molar-refractivity contribution in [2.75, 3.05) is 13.1 Å². The van der Waals surface area contributed by atoms with Gasteiger partial charge in [0.1, 0.15) is 5.82 Å². The number of likely N-dealkylation sites (tertiary alicyclic amines) is 1. The normalized spacial score (nSPS) is 14.6. The van der Waals surface area contributed by atoms with E-state index in [1.54, 1.807) is 29.2 Å². The molecule has 1 aliphatic rings. The van der Waals surface area contributed by atoms with Gasteiger partial charge in [-0.25, -0.2) is 4.39 Å². The number of hydrogen-bond acceptors (Lipinski definition) is 6. The lowest BCUT2D eigenvalue weighted by atomic mass is 10.0. The fourth-order valence-corrected chi connectivity index (χ4v) is 3.38. The molecule has 1 saturated heterocycles. The molecule has 1 aromatic carbocycles. The Morgan fingerprint density at radius 2 is 1.93 bits per heavy atom. The van der Waals surface area contributed by atoms with Gasteiger partial charge < -0.3 is 19.2 Å². The van der Waals surface area contributed by atoms with E-state index < -0.39 is 0 Å². The smallest absolute Gasteiger partial charge is 0.289 e. The Morgan fingerprint density at radius 3 is 2.63 bits per heavy atom. The number of amides is 2. The largest absolute Gasteiger partial charge is 0.459 e. The number of nitrogens with one attached hydrogen (secondary N) is 1. The third-order valence-electron chi connectivity index (χ3n) is 5.02. The molecule has 4 rings (SSSR count). The van der Waals surface area contributed by atoms with Crippen LogP contribution in [0.2, 0.25) is 0 Å². The zero-order chi connectivity index (χ0) is 20.9. The quantitative estimate of drug-likeness (QED) is 0.668. The number of hydrogen-bond donors (Lipinski definition) is 1. The number of piperidine rings is 1. The average molecular weight is 412 g/mol. The Labute approximate surface area is 172 Å². The van der Waals surface area contributed by atoms with Gasteiger partial charge in [0.15, 0.2) is 5.76 Å². The van der Waals surface area contributed by atoms with Crippen LogP contribution in [0.15, 0.2) is 51.6 Å². The van der Waals surface area contributed by atoms with Gasteiger partial charge in [0.25, 0.3) is 5.91 Å². The minimum absolute atomic E-state index is 0.0237. The van der Waals surface area contributed by atoms with Gasteiger partial charge in [-0.2, -0.15) is 4.98 Å². The van der Waals surface area contributed by atoms with Crippen molar-refractivity contribution in [3.05, 3.63) is 60.1 Å². The number of furan rings is 1. The van der Waals surface area contributed by atoms with E-state index in [4.69, 9.17) is 8.94 Å². The SMILES string of the molecule is O=C(CCc1nc(-c2ccc(F)cc2)no1)NC1CCN(C(=O)c2ccco2)CC1. The van der Waals surface area contributed by atoms with E-state index >= 15 is 0 Å². The number of rotatable bonds is 6. The molecular weight excluding hydrogens is 391 g/mol. The predicted molar refractivity (Wildman–Crippen MR) is 104 cm³/mol. The molecule has 0 spiro atoms. The molecule has 1 aliphatic heterocycles. The summed E-state index contributed by atoms with van der Waals surface area (Å²) in [6.07, 6.45) is 3.39. The van der Waals surface area contributed by atoms with Crippen LogP contribution < -0.4 is 5.32 Å². The first kappa shape index (κ1) is 19.8. The van der Waals surface area contributed by atoms with E-state index in [-0.39, 0.29) is 30.1 Å². The second-order valence-corrected chi connectivity index (χ2v) is 7.13. The van der Waals surface area contributed by atoms with E-state index in [1.807, 2.05) is 0 Å². The van der Waals surface area contributed by atoms with Gasteiger partial charge in [-0.15, -0.1) is 0 Å². The van der Waals surface area contributed by atoms with Crippen molar-refractivity contribution in [2.45, 2.75) is 31.7 Å². The van der Waals surface area contributed by atoms with Crippen LogP contribution in [0.25, 0.3) is 11.4 Å². The molecule has 0 saturated carbocycles. The number of carbonyl (C=O) groups excluding carboxylic acids is 2. The number of aromatic nitrogens is 2. The highest BCUT2D eigenvalue weighted by atomic mass is 19.1. The van der Waals surface area contributed by atoms with Gasteiger partial charge in [-0.3, -0.25) is 9.59 Å². The van der Waals surface area contributed by atoms with Crippen molar-refractivity contribution in [1.82, 2.24) is 20.4 Å². The van der Waals surface area contributed by atoms with Crippen LogP contribution in [-0.2, 0) is 11.2 Å². The third-order valence-corrected chi connectivity index (χ3v) is 5.02. The number of aryl methyl sites for hydroxylation is 1. The number of halogens is 1. The Bertz CT molecular complexity index is 992. The molecule has 0 aliphatic carbocycles. The van der Waals surface area contributed by atoms with Crippen LogP contribution in [0.4, 0.5) is 4.39 Å². The topological polar surface area (TPSA) is 101 Å². The molecule has 8 nitrogen and oxygen atoms in total. The van der Waals surface area contributed by atoms with E-state index in [9.17, 15) is 14.0 Å². The standard InChI is InChI=1S/C21H21FN4O4/c22-15-5-3-14(4-6-15)20-24-19(30-25-20)8-7-18(27)23-16-9-11-26(12-10-16)21(28)17-2-1-13-29-17/h1-6,13,16H,7-12H2,(H,23,27). The minimum Gasteiger partial charge on any atom is -0.459 e. The summed E-state index contributed by atoms with van der Waals surface area (Å²) < 4.78 is 23.3. The fourth-order valence-electron chi connectivity index (χ4n) is 3.38. The van der Waals surface area contributed by atoms with Crippen LogP contribution >= 0.6 is 0 Å². The fraction of sp³-hybridized carbons (Fsp3) is 0.333. The molecule has 3 aromatic rings. The second-order valence-electron chi connectivity index (χ2n) is 7.13. The van der Waals surface area contributed by atoms with Crippen LogP contribution in [0.5, 0.6) is 0 Å². The summed E-state index contributed by atoms with van der Waals surface area (Å²) in [6.45, 7) is 1.13. The van der Waals surface area contributed by atoms with Gasteiger partial charge in [0.2, 0.25) is 17.6 Å². The molecule has 0 atom stereocenters. The highest BCUT2D eigenvalue weighted by molar-refractivity contribution is 5.91. The van der Waals surface area contributed by atoms with Gasteiger partial charge in [-0.05, 0) is 49.2 Å². The Kier molecular flexibility index (Phi) is 5.87. The molecule has 0 radical (unpaired) electrons. The van der Waals surface area contributed by atoms with E-state index in [0.29, 0.717) is 55.4 Å². The molecule has 156 valence electrons. The van der Waals surface area contributed by atoms with Crippen LogP contribution in [0, 0.1) is 5.82 Å². The molecule has 1 fully saturated rings. The maximum Gasteiger partial charge on any atom is 0.289 e. The zero-order valence-electron chi connectivity index (χ0n) is 16.2. The maximum atomic E-state index is 13.0. The first-order chi connectivity index (χ1) is 14.6. The molecule has 2 aromatic heterocycles. The number of nitrogens with zero attached hydrogens (tertiary/aromatic N) is 3. The lowest BCUT2D eigenvalue weighted by Crippen LogP contribution is -2.46. The third kappa shape index (κ3) is 4.73. The molecule has 3 heterocycles. The van der Waals surface area contributed by atoms with Gasteiger partial charge in [0, 0.05) is 37.5 Å². The van der Waals surface area contributed by atoms with Crippen molar-refractivity contribution in [3.8, 4) is 11.4 Å². The summed E-state index contributed by atoms with van der Waals surface area (Å²) in [5.41, 5.74) is 0.645. The van der Waals surface area contributed by atoms with Crippen molar-refractivity contribution in [3.63, 3.8) is 0 Å². The Hall–Kier alpha value is -3.49. The number of benzene rings is 1. The van der Waals surface area contributed by atoms with Crippen LogP contribution in [-0.4, -0.2) is 46.0 Å². The maximum absolute atomic E-state index is 13.0. The Balaban J connectivity index is 1.21. The molecular formula is C21H21FN4O4. The molecule has 2 amide bonds. The monoisotopic (exact) mass is 412 g/mol. The summed E-state index contributed by atoms with van der Waals surface area (Å²) in [7, 11) is 0. The van der Waals surface area contributed by atoms with Crippen molar-refractivity contribution >= 4 is 11.8 Å². The first-order valence-electron chi connectivity index (χ1n) is 9.79. The molecule has 1 N–H and O–H groups in total. The highest BCUT2D eigenvalue weighted by Gasteiger charge is 2.25. The van der Waals surface area contributed by atoms with Crippen LogP contribution in [0.1, 0.15) is 35.7 Å². The van der Waals surface area contributed by atoms with E-state index in [1.165, 1.54) is 18.4 Å². The van der Waals surface area contributed by atoms with Crippen molar-refractivity contribution in [2.24, 2.45) is 0 Å². The summed E-state index contributed by atoms with van der Waals surface area (Å²) in [5, 5.41) is 6.87. The summed E-state index contributed by atoms with van der Waals surface area (Å²) in [5.74, 6) is 0.472. The summed E-state index contributed by atoms with van der Waals surface area (Å²) in [4.78, 5) is 30.5. The van der Waals surface area contributed by atoms with Gasteiger partial charge >= 0.3 is 0 Å². The zero-order valence-corrected chi connectivity index (χ0v) is 16.2. The molecule has 0 unspecified atom stereocenters. The first-order valence-corrected chi connectivity index (χ1v) is 9.79.